The molecule has 0 atom stereocenters. The maximum Gasteiger partial charge on any atom is 0.0592 e. The summed E-state index contributed by atoms with van der Waals surface area (Å²) in [7, 11) is 0. The largest absolute Gasteiger partial charge is 0.0930 e. The third kappa shape index (κ3) is 4.06. The monoisotopic (exact) mass is 121 g/mol. The van der Waals surface area contributed by atoms with Crippen molar-refractivity contribution in [2.45, 2.75) is 0 Å². The quantitative estimate of drug-likeness (QED) is 0.468. The molecule has 0 heterocycles. The molecule has 6 heavy (non-hydrogen) atoms. The van der Waals surface area contributed by atoms with Crippen molar-refractivity contribution in [3.8, 4) is 0 Å². The van der Waals surface area contributed by atoms with Crippen molar-refractivity contribution >= 4 is 23.2 Å². The molecule has 1 radical (unpaired) electrons. The molecule has 2 heteroatoms. The Kier molecular flexibility index (Phi) is 5.11. The summed E-state index contributed by atoms with van der Waals surface area (Å²) in [5.74, 6) is 0. The minimum atomic E-state index is 1.36. The van der Waals surface area contributed by atoms with E-state index in [9.17, 15) is 0 Å². The zero-order valence-electron chi connectivity index (χ0n) is 2.99. The summed E-state index contributed by atoms with van der Waals surface area (Å²) < 4.78 is 0. The Hall–Kier alpha value is 0.0600. The first-order valence-electron chi connectivity index (χ1n) is 1.36. The van der Waals surface area contributed by atoms with Gasteiger partial charge in [0, 0.05) is 5.54 Å². The van der Waals surface area contributed by atoms with Crippen molar-refractivity contribution in [1.29, 1.82) is 0 Å². The zero-order chi connectivity index (χ0) is 4.83. The smallest absolute Gasteiger partial charge is 0.0592 e. The van der Waals surface area contributed by atoms with E-state index < -0.39 is 0 Å². The van der Waals surface area contributed by atoms with Gasteiger partial charge in [0.05, 0.1) is 5.54 Å². The second-order valence-electron chi connectivity index (χ2n) is 0.594. The molecule has 0 bridgehead atoms. The first-order valence-corrected chi connectivity index (χ1v) is 2.18. The van der Waals surface area contributed by atoms with E-state index in [0.717, 1.165) is 0 Å². The van der Waals surface area contributed by atoms with Crippen LogP contribution in [0.3, 0.4) is 0 Å². The van der Waals surface area contributed by atoms with E-state index in [1.807, 2.05) is 0 Å². The van der Waals surface area contributed by atoms with Crippen molar-refractivity contribution in [2.75, 3.05) is 0 Å². The van der Waals surface area contributed by atoms with Gasteiger partial charge in [0.15, 0.2) is 0 Å². The van der Waals surface area contributed by atoms with Crippen molar-refractivity contribution < 1.29 is 0 Å². The van der Waals surface area contributed by atoms with Crippen molar-refractivity contribution in [2.24, 2.45) is 0 Å². The summed E-state index contributed by atoms with van der Waals surface area (Å²) in [4.78, 5) is 0. The molecule has 33 valence electrons. The number of rotatable bonds is 1. The third-order valence-electron chi connectivity index (χ3n) is 0.232. The van der Waals surface area contributed by atoms with Crippen LogP contribution >= 0.6 is 23.2 Å². The second-order valence-corrected chi connectivity index (χ2v) is 1.06. The van der Waals surface area contributed by atoms with E-state index in [2.05, 4.69) is 5.54 Å². The highest BCUT2D eigenvalue weighted by atomic mass is 35.5. The molecule has 0 fully saturated rings. The molecule has 0 nitrogen and oxygen atoms in total. The second kappa shape index (κ2) is 5.06. The van der Waals surface area contributed by atoms with Crippen molar-refractivity contribution in [3.63, 3.8) is 0 Å². The van der Waals surface area contributed by atoms with Crippen LogP contribution in [0, 0.1) is 5.54 Å². The lowest BCUT2D eigenvalue weighted by Crippen LogP contribution is -1.35. The van der Waals surface area contributed by atoms with Gasteiger partial charge < -0.3 is 0 Å². The summed E-state index contributed by atoms with van der Waals surface area (Å²) in [5.41, 5.74) is 3.60. The van der Waals surface area contributed by atoms with Crippen molar-refractivity contribution in [3.05, 3.63) is 23.2 Å². The standard InChI is InChI=1S/C4H3Cl2/c5-3-1-2-4-6/h1-3H. The first kappa shape index (κ1) is 6.06. The van der Waals surface area contributed by atoms with Crippen LogP contribution in [0.4, 0.5) is 0 Å². The maximum absolute atomic E-state index is 5.07. The van der Waals surface area contributed by atoms with E-state index in [0.29, 0.717) is 0 Å². The number of allylic oxidation sites excluding steroid dienone is 2. The maximum atomic E-state index is 5.07. The highest BCUT2D eigenvalue weighted by Crippen LogP contribution is 1.80. The average molecular weight is 122 g/mol. The number of hydrogen-bond acceptors (Lipinski definition) is 0. The molecule has 0 unspecified atom stereocenters. The van der Waals surface area contributed by atoms with Gasteiger partial charge in [0.1, 0.15) is 0 Å². The Labute approximate surface area is 47.1 Å². The predicted molar refractivity (Wildman–Crippen MR) is 28.7 cm³/mol. The minimum Gasteiger partial charge on any atom is -0.0930 e. The SMILES string of the molecule is Cl[C]=CC=CCl. The normalized spacial score (nSPS) is 11.7. The lowest BCUT2D eigenvalue weighted by molar-refractivity contribution is 2.04. The van der Waals surface area contributed by atoms with Gasteiger partial charge in [0.25, 0.3) is 0 Å². The molecule has 0 aliphatic heterocycles. The number of halogens is 2. The lowest BCUT2D eigenvalue weighted by atomic mass is 10.6. The topological polar surface area (TPSA) is 0 Å². The van der Waals surface area contributed by atoms with Crippen LogP contribution in [0.25, 0.3) is 0 Å². The molecular weight excluding hydrogens is 119 g/mol. The fourth-order valence-corrected chi connectivity index (χ4v) is 0.218. The Morgan fingerprint density at radius 3 is 2.33 bits per heavy atom. The van der Waals surface area contributed by atoms with Gasteiger partial charge in [-0.15, -0.1) is 0 Å². The predicted octanol–water partition coefficient (Wildman–Crippen LogP) is 2.29. The van der Waals surface area contributed by atoms with E-state index in [1.54, 1.807) is 6.08 Å². The fraction of sp³-hybridized carbons (Fsp3) is 0. The molecule has 0 aliphatic carbocycles. The molecule has 0 N–H and O–H groups in total. The van der Waals surface area contributed by atoms with Gasteiger partial charge in [-0.3, -0.25) is 0 Å². The highest BCUT2D eigenvalue weighted by molar-refractivity contribution is 6.25. The molecule has 0 rings (SSSR count). The van der Waals surface area contributed by atoms with Crippen LogP contribution in [-0.2, 0) is 0 Å². The van der Waals surface area contributed by atoms with Crippen LogP contribution in [0.15, 0.2) is 17.7 Å². The molecule has 0 aromatic heterocycles. The fourth-order valence-electron chi connectivity index (χ4n) is 0.0727. The zero-order valence-corrected chi connectivity index (χ0v) is 4.50. The molecular formula is C4H3Cl2. The van der Waals surface area contributed by atoms with E-state index in [1.165, 1.54) is 11.6 Å². The summed E-state index contributed by atoms with van der Waals surface area (Å²) in [6.07, 6.45) is 3.09. The lowest BCUT2D eigenvalue weighted by Gasteiger charge is -1.58. The summed E-state index contributed by atoms with van der Waals surface area (Å²) in [6, 6.07) is 0. The molecule has 0 saturated carbocycles. The van der Waals surface area contributed by atoms with Gasteiger partial charge in [-0.2, -0.15) is 0 Å². The molecule has 0 amide bonds. The van der Waals surface area contributed by atoms with Crippen LogP contribution < -0.4 is 0 Å². The Bertz CT molecular complexity index is 53.9. The Morgan fingerprint density at radius 1 is 1.50 bits per heavy atom. The van der Waals surface area contributed by atoms with E-state index in [-0.39, 0.29) is 0 Å². The van der Waals surface area contributed by atoms with Crippen molar-refractivity contribution in [1.82, 2.24) is 0 Å². The van der Waals surface area contributed by atoms with Crippen LogP contribution in [0.5, 0.6) is 0 Å². The molecule has 0 spiro atoms. The van der Waals surface area contributed by atoms with Crippen LogP contribution in [0.1, 0.15) is 0 Å². The minimum absolute atomic E-state index is 1.36. The van der Waals surface area contributed by atoms with Gasteiger partial charge in [-0.25, -0.2) is 0 Å². The Balaban J connectivity index is 3.07. The van der Waals surface area contributed by atoms with E-state index in [4.69, 9.17) is 23.2 Å². The summed E-state index contributed by atoms with van der Waals surface area (Å²) >= 11 is 10.0. The van der Waals surface area contributed by atoms with Gasteiger partial charge in [0.2, 0.25) is 0 Å². The van der Waals surface area contributed by atoms with E-state index >= 15 is 0 Å². The van der Waals surface area contributed by atoms with Gasteiger partial charge in [-0.05, 0) is 12.2 Å². The van der Waals surface area contributed by atoms with Crippen LogP contribution in [0.2, 0.25) is 0 Å². The number of hydrogen-bond donors (Lipinski definition) is 0. The molecule has 0 aromatic carbocycles. The van der Waals surface area contributed by atoms with Gasteiger partial charge in [-0.1, -0.05) is 23.2 Å². The van der Waals surface area contributed by atoms with Crippen LogP contribution in [-0.4, -0.2) is 0 Å². The third-order valence-corrected chi connectivity index (χ3v) is 0.503. The molecule has 0 aromatic rings. The average Bonchev–Trinajstić information content (AvgIpc) is 1.61. The summed E-state index contributed by atoms with van der Waals surface area (Å²) in [5, 5.41) is 0. The molecule has 0 aliphatic rings. The molecule has 0 saturated heterocycles. The summed E-state index contributed by atoms with van der Waals surface area (Å²) in [6.45, 7) is 0. The first-order chi connectivity index (χ1) is 2.91. The van der Waals surface area contributed by atoms with Gasteiger partial charge >= 0.3 is 0 Å². The highest BCUT2D eigenvalue weighted by Gasteiger charge is 1.53. The Morgan fingerprint density at radius 2 is 2.17 bits per heavy atom.